The number of nitrogens with zero attached hydrogens (tertiary/aromatic N) is 2. The van der Waals surface area contributed by atoms with Gasteiger partial charge in [0.1, 0.15) is 6.04 Å². The summed E-state index contributed by atoms with van der Waals surface area (Å²) in [4.78, 5) is 27.3. The van der Waals surface area contributed by atoms with Gasteiger partial charge in [-0.05, 0) is 75.1 Å². The van der Waals surface area contributed by atoms with Gasteiger partial charge in [0.15, 0.2) is 0 Å². The van der Waals surface area contributed by atoms with Gasteiger partial charge in [-0.2, -0.15) is 0 Å². The van der Waals surface area contributed by atoms with Gasteiger partial charge in [-0.3, -0.25) is 13.9 Å². The Morgan fingerprint density at radius 2 is 1.69 bits per heavy atom. The number of carbonyl (C=O) groups is 2. The number of hydrogen-bond donors (Lipinski definition) is 1. The SMILES string of the molecule is CCNC(=O)C(C)N(Cc1ccc(Cl)cc1Cl)C(=O)CCCN(c1cc(C)cc(C)c1)S(C)(=O)=O. The van der Waals surface area contributed by atoms with E-state index in [1.54, 1.807) is 32.0 Å². The molecule has 0 radical (unpaired) electrons. The van der Waals surface area contributed by atoms with Crippen LogP contribution in [-0.2, 0) is 26.2 Å². The quantitative estimate of drug-likeness (QED) is 0.446. The molecule has 2 aromatic carbocycles. The second-order valence-corrected chi connectivity index (χ2v) is 11.4. The highest BCUT2D eigenvalue weighted by Crippen LogP contribution is 2.25. The predicted octanol–water partition coefficient (Wildman–Crippen LogP) is 4.71. The molecule has 0 aromatic heterocycles. The van der Waals surface area contributed by atoms with E-state index in [-0.39, 0.29) is 37.7 Å². The average Bonchev–Trinajstić information content (AvgIpc) is 2.74. The van der Waals surface area contributed by atoms with E-state index in [2.05, 4.69) is 5.32 Å². The van der Waals surface area contributed by atoms with Gasteiger partial charge in [-0.25, -0.2) is 8.42 Å². The molecule has 1 unspecified atom stereocenters. The summed E-state index contributed by atoms with van der Waals surface area (Å²) >= 11 is 12.3. The van der Waals surface area contributed by atoms with Crippen LogP contribution in [0, 0.1) is 13.8 Å². The van der Waals surface area contributed by atoms with Crippen molar-refractivity contribution in [2.45, 2.75) is 53.1 Å². The third-order valence-corrected chi connectivity index (χ3v) is 7.30. The molecular formula is C25H33Cl2N3O4S. The fourth-order valence-electron chi connectivity index (χ4n) is 3.84. The normalized spacial score (nSPS) is 12.2. The maximum Gasteiger partial charge on any atom is 0.242 e. The summed E-state index contributed by atoms with van der Waals surface area (Å²) in [6, 6.07) is 9.84. The third-order valence-electron chi connectivity index (χ3n) is 5.52. The van der Waals surface area contributed by atoms with E-state index in [0.29, 0.717) is 27.8 Å². The van der Waals surface area contributed by atoms with Crippen LogP contribution in [0.2, 0.25) is 10.0 Å². The summed E-state index contributed by atoms with van der Waals surface area (Å²) < 4.78 is 26.3. The smallest absolute Gasteiger partial charge is 0.242 e. The molecule has 1 N–H and O–H groups in total. The summed E-state index contributed by atoms with van der Waals surface area (Å²) in [6.07, 6.45) is 1.50. The molecule has 7 nitrogen and oxygen atoms in total. The number of anilines is 1. The number of nitrogens with one attached hydrogen (secondary N) is 1. The molecule has 0 aliphatic carbocycles. The molecule has 2 amide bonds. The van der Waals surface area contributed by atoms with Crippen molar-refractivity contribution in [1.82, 2.24) is 10.2 Å². The predicted molar refractivity (Wildman–Crippen MR) is 142 cm³/mol. The summed E-state index contributed by atoms with van der Waals surface area (Å²) in [5.74, 6) is -0.553. The van der Waals surface area contributed by atoms with Crippen LogP contribution in [-0.4, -0.2) is 50.5 Å². The van der Waals surface area contributed by atoms with Crippen molar-refractivity contribution >= 4 is 50.7 Å². The Balaban J connectivity index is 2.21. The second-order valence-electron chi connectivity index (χ2n) is 8.61. The third kappa shape index (κ3) is 8.40. The van der Waals surface area contributed by atoms with Crippen molar-refractivity contribution in [3.8, 4) is 0 Å². The van der Waals surface area contributed by atoms with Crippen molar-refractivity contribution in [2.75, 3.05) is 23.7 Å². The standard InChI is InChI=1S/C25H33Cl2N3O4S/c1-6-28-25(32)19(4)29(16-20-9-10-21(26)15-23(20)27)24(31)8-7-11-30(35(5,33)34)22-13-17(2)12-18(3)14-22/h9-10,12-15,19H,6-8,11,16H2,1-5H3,(H,28,32). The Bertz CT molecular complexity index is 1150. The molecule has 2 aromatic rings. The number of sulfonamides is 1. The van der Waals surface area contributed by atoms with Crippen LogP contribution in [0.25, 0.3) is 0 Å². The van der Waals surface area contributed by atoms with Crippen molar-refractivity contribution < 1.29 is 18.0 Å². The number of aryl methyl sites for hydroxylation is 2. The lowest BCUT2D eigenvalue weighted by molar-refractivity contribution is -0.140. The molecule has 0 saturated carbocycles. The molecule has 0 bridgehead atoms. The zero-order valence-corrected chi connectivity index (χ0v) is 23.1. The number of carbonyl (C=O) groups excluding carboxylic acids is 2. The number of amides is 2. The van der Waals surface area contributed by atoms with Crippen LogP contribution < -0.4 is 9.62 Å². The van der Waals surface area contributed by atoms with Gasteiger partial charge >= 0.3 is 0 Å². The maximum atomic E-state index is 13.3. The molecule has 0 fully saturated rings. The number of hydrogen-bond acceptors (Lipinski definition) is 4. The number of rotatable bonds is 11. The number of likely N-dealkylation sites (N-methyl/N-ethyl adjacent to an activating group) is 1. The molecule has 0 saturated heterocycles. The minimum Gasteiger partial charge on any atom is -0.355 e. The van der Waals surface area contributed by atoms with Crippen molar-refractivity contribution in [3.63, 3.8) is 0 Å². The Kier molecular flexibility index (Phi) is 10.4. The molecule has 35 heavy (non-hydrogen) atoms. The minimum absolute atomic E-state index is 0.0613. The van der Waals surface area contributed by atoms with Crippen LogP contribution in [0.15, 0.2) is 36.4 Å². The van der Waals surface area contributed by atoms with Gasteiger partial charge in [0.25, 0.3) is 0 Å². The molecule has 0 aliphatic rings. The first-order chi connectivity index (χ1) is 16.3. The number of benzene rings is 2. The molecular weight excluding hydrogens is 509 g/mol. The Morgan fingerprint density at radius 1 is 1.06 bits per heavy atom. The molecule has 10 heteroatoms. The lowest BCUT2D eigenvalue weighted by atomic mass is 10.1. The maximum absolute atomic E-state index is 13.3. The minimum atomic E-state index is -3.55. The van der Waals surface area contributed by atoms with Gasteiger partial charge in [0.05, 0.1) is 11.9 Å². The second kappa shape index (κ2) is 12.6. The van der Waals surface area contributed by atoms with Crippen LogP contribution in [0.3, 0.4) is 0 Å². The van der Waals surface area contributed by atoms with Crippen molar-refractivity contribution in [1.29, 1.82) is 0 Å². The first-order valence-electron chi connectivity index (χ1n) is 11.4. The Morgan fingerprint density at radius 3 is 2.23 bits per heavy atom. The van der Waals surface area contributed by atoms with Crippen LogP contribution in [0.4, 0.5) is 5.69 Å². The van der Waals surface area contributed by atoms with E-state index in [1.807, 2.05) is 32.0 Å². The van der Waals surface area contributed by atoms with Gasteiger partial charge in [-0.1, -0.05) is 35.3 Å². The lowest BCUT2D eigenvalue weighted by Gasteiger charge is -2.29. The zero-order valence-electron chi connectivity index (χ0n) is 20.8. The van der Waals surface area contributed by atoms with E-state index >= 15 is 0 Å². The topological polar surface area (TPSA) is 86.8 Å². The van der Waals surface area contributed by atoms with Gasteiger partial charge in [0.2, 0.25) is 21.8 Å². The molecule has 2 rings (SSSR count). The summed E-state index contributed by atoms with van der Waals surface area (Å²) in [7, 11) is -3.55. The largest absolute Gasteiger partial charge is 0.355 e. The summed E-state index contributed by atoms with van der Waals surface area (Å²) in [5.41, 5.74) is 3.13. The molecule has 1 atom stereocenters. The van der Waals surface area contributed by atoms with Crippen LogP contribution in [0.1, 0.15) is 43.4 Å². The summed E-state index contributed by atoms with van der Waals surface area (Å²) in [5, 5.41) is 3.61. The fraction of sp³-hybridized carbons (Fsp3) is 0.440. The van der Waals surface area contributed by atoms with E-state index in [9.17, 15) is 18.0 Å². The van der Waals surface area contributed by atoms with Gasteiger partial charge in [-0.15, -0.1) is 0 Å². The highest BCUT2D eigenvalue weighted by molar-refractivity contribution is 7.92. The average molecular weight is 543 g/mol. The highest BCUT2D eigenvalue weighted by Gasteiger charge is 2.27. The van der Waals surface area contributed by atoms with E-state index in [1.165, 1.54) is 9.21 Å². The van der Waals surface area contributed by atoms with Crippen molar-refractivity contribution in [2.24, 2.45) is 0 Å². The molecule has 192 valence electrons. The number of halogens is 2. The van der Waals surface area contributed by atoms with E-state index < -0.39 is 16.1 Å². The van der Waals surface area contributed by atoms with E-state index in [4.69, 9.17) is 23.2 Å². The summed E-state index contributed by atoms with van der Waals surface area (Å²) in [6.45, 7) is 7.97. The van der Waals surface area contributed by atoms with E-state index in [0.717, 1.165) is 17.4 Å². The van der Waals surface area contributed by atoms with Gasteiger partial charge in [0, 0.05) is 36.1 Å². The molecule has 0 spiro atoms. The van der Waals surface area contributed by atoms with Crippen molar-refractivity contribution in [3.05, 3.63) is 63.1 Å². The first-order valence-corrected chi connectivity index (χ1v) is 14.0. The zero-order chi connectivity index (χ0) is 26.3. The van der Waals surface area contributed by atoms with Gasteiger partial charge < -0.3 is 10.2 Å². The lowest BCUT2D eigenvalue weighted by Crippen LogP contribution is -2.47. The molecule has 0 heterocycles. The van der Waals surface area contributed by atoms with Crippen LogP contribution in [0.5, 0.6) is 0 Å². The Hall–Kier alpha value is -2.29. The fourth-order valence-corrected chi connectivity index (χ4v) is 5.25. The Labute approximate surface area is 218 Å². The van der Waals surface area contributed by atoms with Crippen LogP contribution >= 0.6 is 23.2 Å². The molecule has 0 aliphatic heterocycles. The monoisotopic (exact) mass is 541 g/mol. The first kappa shape index (κ1) is 28.9. The highest BCUT2D eigenvalue weighted by atomic mass is 35.5.